The van der Waals surface area contributed by atoms with Crippen molar-refractivity contribution in [3.05, 3.63) is 72.3 Å². The first kappa shape index (κ1) is 15.4. The third-order valence-electron chi connectivity index (χ3n) is 3.45. The van der Waals surface area contributed by atoms with Crippen molar-refractivity contribution in [1.82, 2.24) is 10.3 Å². The van der Waals surface area contributed by atoms with E-state index in [0.717, 1.165) is 21.7 Å². The summed E-state index contributed by atoms with van der Waals surface area (Å²) in [6, 6.07) is 13.3. The predicted octanol–water partition coefficient (Wildman–Crippen LogP) is 3.99. The van der Waals surface area contributed by atoms with Crippen LogP contribution in [0.3, 0.4) is 0 Å². The van der Waals surface area contributed by atoms with Crippen LogP contribution >= 0.6 is 11.8 Å². The van der Waals surface area contributed by atoms with E-state index in [1.165, 1.54) is 0 Å². The van der Waals surface area contributed by atoms with Crippen molar-refractivity contribution in [3.63, 3.8) is 0 Å². The van der Waals surface area contributed by atoms with E-state index < -0.39 is 0 Å². The van der Waals surface area contributed by atoms with E-state index in [-0.39, 0.29) is 5.91 Å². The summed E-state index contributed by atoms with van der Waals surface area (Å²) in [5.74, 6) is -0.0751. The van der Waals surface area contributed by atoms with Gasteiger partial charge in [0.1, 0.15) is 0 Å². The number of nitrogens with one attached hydrogen (secondary N) is 1. The molecule has 23 heavy (non-hydrogen) atoms. The fourth-order valence-corrected chi connectivity index (χ4v) is 2.82. The lowest BCUT2D eigenvalue weighted by Gasteiger charge is -2.08. The van der Waals surface area contributed by atoms with E-state index in [9.17, 15) is 4.79 Å². The number of pyridine rings is 1. The Morgan fingerprint density at radius 2 is 2.09 bits per heavy atom. The average Bonchev–Trinajstić information content (AvgIpc) is 3.14. The van der Waals surface area contributed by atoms with E-state index in [0.29, 0.717) is 12.1 Å². The second-order valence-electron chi connectivity index (χ2n) is 4.95. The zero-order chi connectivity index (χ0) is 16.1. The van der Waals surface area contributed by atoms with Gasteiger partial charge in [-0.1, -0.05) is 18.2 Å². The molecule has 2 aromatic heterocycles. The molecule has 0 saturated heterocycles. The van der Waals surface area contributed by atoms with Gasteiger partial charge in [0.15, 0.2) is 0 Å². The number of furan rings is 1. The molecule has 0 aliphatic rings. The minimum absolute atomic E-state index is 0.0751. The van der Waals surface area contributed by atoms with Crippen LogP contribution in [0.1, 0.15) is 15.9 Å². The lowest BCUT2D eigenvalue weighted by Crippen LogP contribution is -2.23. The molecular weight excluding hydrogens is 308 g/mol. The molecule has 0 aliphatic carbocycles. The van der Waals surface area contributed by atoms with E-state index in [2.05, 4.69) is 10.3 Å². The van der Waals surface area contributed by atoms with Crippen LogP contribution in [0.2, 0.25) is 0 Å². The predicted molar refractivity (Wildman–Crippen MR) is 91.3 cm³/mol. The van der Waals surface area contributed by atoms with E-state index in [1.54, 1.807) is 30.5 Å². The van der Waals surface area contributed by atoms with Crippen molar-refractivity contribution in [2.45, 2.75) is 11.4 Å². The van der Waals surface area contributed by atoms with Gasteiger partial charge in [-0.2, -0.15) is 0 Å². The third-order valence-corrected chi connectivity index (χ3v) is 4.24. The van der Waals surface area contributed by atoms with Gasteiger partial charge in [-0.3, -0.25) is 9.78 Å². The molecule has 5 heteroatoms. The Balaban J connectivity index is 1.65. The number of benzene rings is 1. The number of carbonyl (C=O) groups excluding carboxylic acids is 1. The van der Waals surface area contributed by atoms with Crippen LogP contribution in [-0.4, -0.2) is 17.1 Å². The largest absolute Gasteiger partial charge is 0.472 e. The van der Waals surface area contributed by atoms with Gasteiger partial charge in [-0.15, -0.1) is 11.8 Å². The number of hydrogen-bond acceptors (Lipinski definition) is 4. The molecule has 0 bridgehead atoms. The standard InChI is InChI=1S/C18H16N2O2S/c1-23-17-5-3-2-4-15(17)18(21)20-11-13-6-7-16(19-10-13)14-8-9-22-12-14/h2-10,12H,11H2,1H3,(H,20,21). The van der Waals surface area contributed by atoms with Gasteiger partial charge < -0.3 is 9.73 Å². The summed E-state index contributed by atoms with van der Waals surface area (Å²) < 4.78 is 5.05. The molecule has 116 valence electrons. The molecule has 2 heterocycles. The van der Waals surface area contributed by atoms with Crippen LogP contribution in [0.25, 0.3) is 11.3 Å². The topological polar surface area (TPSA) is 55.1 Å². The molecule has 0 fully saturated rings. The third kappa shape index (κ3) is 3.63. The number of amides is 1. The molecule has 4 nitrogen and oxygen atoms in total. The van der Waals surface area contributed by atoms with Crippen LogP contribution in [0.5, 0.6) is 0 Å². The van der Waals surface area contributed by atoms with Crippen molar-refractivity contribution in [2.24, 2.45) is 0 Å². The van der Waals surface area contributed by atoms with Gasteiger partial charge in [0, 0.05) is 23.2 Å². The summed E-state index contributed by atoms with van der Waals surface area (Å²) in [6.07, 6.45) is 7.01. The number of nitrogens with zero attached hydrogens (tertiary/aromatic N) is 1. The number of aromatic nitrogens is 1. The number of thioether (sulfide) groups is 1. The van der Waals surface area contributed by atoms with Crippen molar-refractivity contribution in [1.29, 1.82) is 0 Å². The van der Waals surface area contributed by atoms with Crippen LogP contribution in [0, 0.1) is 0 Å². The Bertz CT molecular complexity index is 783. The van der Waals surface area contributed by atoms with E-state index in [1.807, 2.05) is 48.7 Å². The Labute approximate surface area is 138 Å². The smallest absolute Gasteiger partial charge is 0.252 e. The summed E-state index contributed by atoms with van der Waals surface area (Å²) in [4.78, 5) is 17.7. The Hall–Kier alpha value is -2.53. The first-order valence-corrected chi connectivity index (χ1v) is 8.39. The zero-order valence-electron chi connectivity index (χ0n) is 12.7. The number of rotatable bonds is 5. The second-order valence-corrected chi connectivity index (χ2v) is 5.79. The molecule has 3 aromatic rings. The van der Waals surface area contributed by atoms with E-state index >= 15 is 0 Å². The summed E-state index contributed by atoms with van der Waals surface area (Å²) >= 11 is 1.56. The lowest BCUT2D eigenvalue weighted by molar-refractivity contribution is 0.0948. The maximum absolute atomic E-state index is 12.3. The van der Waals surface area contributed by atoms with E-state index in [4.69, 9.17) is 4.42 Å². The van der Waals surface area contributed by atoms with Crippen molar-refractivity contribution in [2.75, 3.05) is 6.26 Å². The molecule has 1 N–H and O–H groups in total. The SMILES string of the molecule is CSc1ccccc1C(=O)NCc1ccc(-c2ccoc2)nc1. The first-order valence-electron chi connectivity index (χ1n) is 7.16. The summed E-state index contributed by atoms with van der Waals surface area (Å²) in [5, 5.41) is 2.93. The fraction of sp³-hybridized carbons (Fsp3) is 0.111. The van der Waals surface area contributed by atoms with Crippen LogP contribution in [0.15, 0.2) is 70.5 Å². The summed E-state index contributed by atoms with van der Waals surface area (Å²) in [6.45, 7) is 0.445. The van der Waals surface area contributed by atoms with Gasteiger partial charge in [-0.05, 0) is 36.1 Å². The fourth-order valence-electron chi connectivity index (χ4n) is 2.22. The Morgan fingerprint density at radius 1 is 1.22 bits per heavy atom. The first-order chi connectivity index (χ1) is 11.3. The van der Waals surface area contributed by atoms with Crippen LogP contribution in [0.4, 0.5) is 0 Å². The highest BCUT2D eigenvalue weighted by Crippen LogP contribution is 2.20. The van der Waals surface area contributed by atoms with Gasteiger partial charge in [0.25, 0.3) is 5.91 Å². The van der Waals surface area contributed by atoms with Crippen LogP contribution in [-0.2, 0) is 6.54 Å². The molecule has 0 radical (unpaired) electrons. The van der Waals surface area contributed by atoms with Gasteiger partial charge in [0.05, 0.1) is 23.8 Å². The maximum atomic E-state index is 12.3. The van der Waals surface area contributed by atoms with Gasteiger partial charge in [-0.25, -0.2) is 0 Å². The highest BCUT2D eigenvalue weighted by atomic mass is 32.2. The zero-order valence-corrected chi connectivity index (χ0v) is 13.5. The Morgan fingerprint density at radius 3 is 2.78 bits per heavy atom. The minimum Gasteiger partial charge on any atom is -0.472 e. The van der Waals surface area contributed by atoms with Crippen molar-refractivity contribution >= 4 is 17.7 Å². The minimum atomic E-state index is -0.0751. The van der Waals surface area contributed by atoms with Gasteiger partial charge in [0.2, 0.25) is 0 Å². The molecular formula is C18H16N2O2S. The molecule has 0 spiro atoms. The Kier molecular flexibility index (Phi) is 4.78. The summed E-state index contributed by atoms with van der Waals surface area (Å²) in [7, 11) is 0. The maximum Gasteiger partial charge on any atom is 0.252 e. The van der Waals surface area contributed by atoms with Crippen molar-refractivity contribution in [3.8, 4) is 11.3 Å². The van der Waals surface area contributed by atoms with Crippen LogP contribution < -0.4 is 5.32 Å². The number of carbonyl (C=O) groups is 1. The molecule has 0 saturated carbocycles. The normalized spacial score (nSPS) is 10.5. The van der Waals surface area contributed by atoms with Crippen molar-refractivity contribution < 1.29 is 9.21 Å². The monoisotopic (exact) mass is 324 g/mol. The molecule has 0 aliphatic heterocycles. The summed E-state index contributed by atoms with van der Waals surface area (Å²) in [5.41, 5.74) is 3.44. The molecule has 0 atom stereocenters. The molecule has 3 rings (SSSR count). The average molecular weight is 324 g/mol. The highest BCUT2D eigenvalue weighted by molar-refractivity contribution is 7.98. The molecule has 0 unspecified atom stereocenters. The highest BCUT2D eigenvalue weighted by Gasteiger charge is 2.10. The molecule has 1 amide bonds. The number of hydrogen-bond donors (Lipinski definition) is 1. The van der Waals surface area contributed by atoms with Gasteiger partial charge >= 0.3 is 0 Å². The lowest BCUT2D eigenvalue weighted by atomic mass is 10.2. The second kappa shape index (κ2) is 7.15. The quantitative estimate of drug-likeness (QED) is 0.721. The molecule has 1 aromatic carbocycles.